The van der Waals surface area contributed by atoms with Gasteiger partial charge in [0.2, 0.25) is 0 Å². The van der Waals surface area contributed by atoms with Crippen LogP contribution in [0, 0.1) is 0 Å². The van der Waals surface area contributed by atoms with E-state index in [0.29, 0.717) is 0 Å². The van der Waals surface area contributed by atoms with Crippen molar-refractivity contribution in [2.24, 2.45) is 0 Å². The molecule has 10 aromatic carbocycles. The maximum atomic E-state index is 7.01. The molecule has 0 bridgehead atoms. The third kappa shape index (κ3) is 4.86. The monoisotopic (exact) mass is 727 g/mol. The summed E-state index contributed by atoms with van der Waals surface area (Å²) in [6.45, 7) is 0. The molecule has 0 spiro atoms. The molecule has 2 aromatic heterocycles. The Balaban J connectivity index is 1.11. The molecule has 266 valence electrons. The van der Waals surface area contributed by atoms with Crippen molar-refractivity contribution in [3.63, 3.8) is 0 Å². The first kappa shape index (κ1) is 31.7. The maximum Gasteiger partial charge on any atom is 0.143 e. The number of rotatable bonds is 5. The fourth-order valence-corrected chi connectivity index (χ4v) is 9.11. The van der Waals surface area contributed by atoms with Crippen LogP contribution in [0.15, 0.2) is 209 Å². The lowest BCUT2D eigenvalue weighted by Gasteiger charge is -2.25. The van der Waals surface area contributed by atoms with E-state index in [1.807, 2.05) is 18.2 Å². The molecule has 0 saturated heterocycles. The topological polar surface area (TPSA) is 29.5 Å². The van der Waals surface area contributed by atoms with Crippen LogP contribution in [-0.4, -0.2) is 0 Å². The Hall–Kier alpha value is -7.62. The highest BCUT2D eigenvalue weighted by atomic mass is 16.3. The normalized spacial score (nSPS) is 11.9. The molecule has 0 atom stereocenters. The average molecular weight is 728 g/mol. The molecule has 12 aromatic rings. The molecule has 2 heterocycles. The van der Waals surface area contributed by atoms with Gasteiger partial charge in [0, 0.05) is 44.2 Å². The summed E-state index contributed by atoms with van der Waals surface area (Å²) >= 11 is 0. The van der Waals surface area contributed by atoms with Gasteiger partial charge in [-0.25, -0.2) is 0 Å². The fraction of sp³-hybridized carbons (Fsp3) is 0. The van der Waals surface area contributed by atoms with Crippen LogP contribution in [0.25, 0.3) is 98.4 Å². The van der Waals surface area contributed by atoms with Crippen molar-refractivity contribution in [2.45, 2.75) is 0 Å². The van der Waals surface area contributed by atoms with Gasteiger partial charge in [0.25, 0.3) is 0 Å². The molecule has 12 rings (SSSR count). The molecule has 0 fully saturated rings. The molecule has 0 aliphatic heterocycles. The Morgan fingerprint density at radius 2 is 0.772 bits per heavy atom. The molecule has 0 saturated carbocycles. The fourth-order valence-electron chi connectivity index (χ4n) is 9.11. The number of hydrogen-bond donors (Lipinski definition) is 0. The van der Waals surface area contributed by atoms with Crippen LogP contribution in [0.2, 0.25) is 0 Å². The van der Waals surface area contributed by atoms with Crippen LogP contribution in [0.1, 0.15) is 0 Å². The smallest absolute Gasteiger partial charge is 0.143 e. The van der Waals surface area contributed by atoms with Crippen LogP contribution in [0.5, 0.6) is 0 Å². The largest absolute Gasteiger partial charge is 0.456 e. The van der Waals surface area contributed by atoms with Gasteiger partial charge in [-0.1, -0.05) is 133 Å². The van der Waals surface area contributed by atoms with E-state index in [0.717, 1.165) is 83.2 Å². The Morgan fingerprint density at radius 3 is 1.42 bits per heavy atom. The number of para-hydroxylation sites is 3. The first-order valence-corrected chi connectivity index (χ1v) is 19.4. The van der Waals surface area contributed by atoms with E-state index in [9.17, 15) is 0 Å². The summed E-state index contributed by atoms with van der Waals surface area (Å²) in [5, 5.41) is 11.9. The quantitative estimate of drug-likeness (QED) is 0.165. The van der Waals surface area contributed by atoms with Crippen LogP contribution in [-0.2, 0) is 0 Å². The Bertz CT molecular complexity index is 3430. The SMILES string of the molecule is c1ccc(N(c2ccccc2)c2ccc(-c3ccc(-c4ccc5c6ccccc6c6ccccc6c5c4)c4c3oc3ccc5oc6ccccc6c5c34)cc2)cc1. The van der Waals surface area contributed by atoms with Gasteiger partial charge < -0.3 is 13.7 Å². The van der Waals surface area contributed by atoms with E-state index >= 15 is 0 Å². The lowest BCUT2D eigenvalue weighted by Crippen LogP contribution is -2.09. The number of furan rings is 2. The van der Waals surface area contributed by atoms with E-state index in [1.165, 1.54) is 32.3 Å². The third-order valence-electron chi connectivity index (χ3n) is 11.6. The van der Waals surface area contributed by atoms with Gasteiger partial charge in [0.05, 0.1) is 0 Å². The van der Waals surface area contributed by atoms with Gasteiger partial charge in [-0.05, 0) is 116 Å². The molecular formula is C54H33NO2. The summed E-state index contributed by atoms with van der Waals surface area (Å²) in [6, 6.07) is 71.3. The van der Waals surface area contributed by atoms with E-state index in [2.05, 4.69) is 187 Å². The Labute approximate surface area is 328 Å². The van der Waals surface area contributed by atoms with Crippen molar-refractivity contribution in [1.29, 1.82) is 0 Å². The zero-order valence-corrected chi connectivity index (χ0v) is 30.8. The molecular weight excluding hydrogens is 695 g/mol. The number of anilines is 3. The number of nitrogens with zero attached hydrogens (tertiary/aromatic N) is 1. The molecule has 3 heteroatoms. The van der Waals surface area contributed by atoms with Crippen LogP contribution < -0.4 is 4.90 Å². The predicted octanol–water partition coefficient (Wildman–Crippen LogP) is 15.7. The highest BCUT2D eigenvalue weighted by molar-refractivity contribution is 6.30. The number of benzene rings is 10. The summed E-state index contributed by atoms with van der Waals surface area (Å²) in [7, 11) is 0. The standard InChI is InChI=1S/C54H33NO2/c1-3-13-36(14-4-1)55(37-15-5-2-6-16-37)38-26-23-34(24-27-38)40-30-29-39(52-53-50(57-54(40)52)32-31-49-51(53)46-21-11-12-22-48(46)56-49)35-25-28-45-43-19-8-7-17-41(43)42-18-9-10-20-44(42)47(45)33-35/h1-33H. The lowest BCUT2D eigenvalue weighted by molar-refractivity contribution is 0.663. The number of hydrogen-bond acceptors (Lipinski definition) is 3. The summed E-state index contributed by atoms with van der Waals surface area (Å²) in [4.78, 5) is 2.29. The number of fused-ring (bicyclic) bond motifs is 13. The Morgan fingerprint density at radius 1 is 0.281 bits per heavy atom. The molecule has 0 N–H and O–H groups in total. The van der Waals surface area contributed by atoms with E-state index in [-0.39, 0.29) is 0 Å². The second kappa shape index (κ2) is 12.5. The van der Waals surface area contributed by atoms with E-state index < -0.39 is 0 Å². The van der Waals surface area contributed by atoms with Crippen molar-refractivity contribution < 1.29 is 8.83 Å². The molecule has 0 aliphatic carbocycles. The maximum absolute atomic E-state index is 7.01. The summed E-state index contributed by atoms with van der Waals surface area (Å²) in [6.07, 6.45) is 0. The molecule has 57 heavy (non-hydrogen) atoms. The van der Waals surface area contributed by atoms with Gasteiger partial charge in [0.15, 0.2) is 0 Å². The third-order valence-corrected chi connectivity index (χ3v) is 11.6. The van der Waals surface area contributed by atoms with E-state index in [1.54, 1.807) is 0 Å². The summed E-state index contributed by atoms with van der Waals surface area (Å²) < 4.78 is 13.5. The minimum absolute atomic E-state index is 0.839. The van der Waals surface area contributed by atoms with Crippen molar-refractivity contribution in [2.75, 3.05) is 4.90 Å². The minimum atomic E-state index is 0.839. The van der Waals surface area contributed by atoms with Crippen molar-refractivity contribution in [3.05, 3.63) is 200 Å². The first-order chi connectivity index (χ1) is 28.3. The van der Waals surface area contributed by atoms with Gasteiger partial charge in [-0.15, -0.1) is 0 Å². The van der Waals surface area contributed by atoms with Gasteiger partial charge in [0.1, 0.15) is 22.3 Å². The highest BCUT2D eigenvalue weighted by Crippen LogP contribution is 2.48. The molecule has 0 amide bonds. The van der Waals surface area contributed by atoms with Crippen LogP contribution >= 0.6 is 0 Å². The second-order valence-corrected chi connectivity index (χ2v) is 14.8. The van der Waals surface area contributed by atoms with Gasteiger partial charge in [-0.2, -0.15) is 0 Å². The van der Waals surface area contributed by atoms with Crippen LogP contribution in [0.4, 0.5) is 17.1 Å². The molecule has 3 nitrogen and oxygen atoms in total. The molecule has 0 aliphatic rings. The lowest BCUT2D eigenvalue weighted by atomic mass is 9.89. The van der Waals surface area contributed by atoms with Crippen molar-refractivity contribution in [1.82, 2.24) is 0 Å². The Kier molecular flexibility index (Phi) is 6.93. The van der Waals surface area contributed by atoms with Crippen molar-refractivity contribution >= 4 is 93.3 Å². The summed E-state index contributed by atoms with van der Waals surface area (Å²) in [5.74, 6) is 0. The highest BCUT2D eigenvalue weighted by Gasteiger charge is 2.23. The predicted molar refractivity (Wildman–Crippen MR) is 239 cm³/mol. The minimum Gasteiger partial charge on any atom is -0.456 e. The molecule has 0 radical (unpaired) electrons. The zero-order chi connectivity index (χ0) is 37.5. The van der Waals surface area contributed by atoms with Gasteiger partial charge >= 0.3 is 0 Å². The van der Waals surface area contributed by atoms with Crippen molar-refractivity contribution in [3.8, 4) is 22.3 Å². The zero-order valence-electron chi connectivity index (χ0n) is 30.8. The van der Waals surface area contributed by atoms with Crippen LogP contribution in [0.3, 0.4) is 0 Å². The van der Waals surface area contributed by atoms with Gasteiger partial charge in [-0.3, -0.25) is 0 Å². The second-order valence-electron chi connectivity index (χ2n) is 14.8. The van der Waals surface area contributed by atoms with E-state index in [4.69, 9.17) is 8.83 Å². The molecule has 0 unspecified atom stereocenters. The average Bonchev–Trinajstić information content (AvgIpc) is 3.86. The summed E-state index contributed by atoms with van der Waals surface area (Å²) in [5.41, 5.74) is 11.1. The first-order valence-electron chi connectivity index (χ1n) is 19.4.